The topological polar surface area (TPSA) is 23.1 Å². The highest BCUT2D eigenvalue weighted by Crippen LogP contribution is 2.19. The first-order valence-corrected chi connectivity index (χ1v) is 4.04. The van der Waals surface area contributed by atoms with Crippen LogP contribution in [-0.4, -0.2) is 31.1 Å². The average Bonchev–Trinajstić information content (AvgIpc) is 1.88. The molecule has 0 spiro atoms. The van der Waals surface area contributed by atoms with Crippen LogP contribution in [0.25, 0.3) is 0 Å². The zero-order valence-corrected chi connectivity index (χ0v) is 6.84. The van der Waals surface area contributed by atoms with E-state index in [9.17, 15) is 5.11 Å². The zero-order chi connectivity index (χ0) is 7.56. The van der Waals surface area contributed by atoms with Crippen LogP contribution in [-0.2, 0) is 5.11 Å². The molecule has 1 aliphatic heterocycles. The summed E-state index contributed by atoms with van der Waals surface area (Å²) in [7, 11) is 2.12. The van der Waals surface area contributed by atoms with Crippen LogP contribution in [0.15, 0.2) is 0 Å². The minimum absolute atomic E-state index is 0.353. The van der Waals surface area contributed by atoms with Crippen LogP contribution in [0.2, 0.25) is 0 Å². The van der Waals surface area contributed by atoms with Gasteiger partial charge in [0.25, 0.3) is 0 Å². The van der Waals surface area contributed by atoms with Crippen molar-refractivity contribution in [3.05, 3.63) is 0 Å². The predicted molar refractivity (Wildman–Crippen MR) is 40.4 cm³/mol. The highest BCUT2D eigenvalue weighted by molar-refractivity contribution is 4.72. The van der Waals surface area contributed by atoms with E-state index in [0.29, 0.717) is 5.92 Å². The summed E-state index contributed by atoms with van der Waals surface area (Å²) in [6, 6.07) is 0. The number of piperidine rings is 1. The number of hydrogen-bond donors (Lipinski definition) is 0. The largest absolute Gasteiger partial charge is 0.306 e. The van der Waals surface area contributed by atoms with Gasteiger partial charge in [-0.15, -0.1) is 0 Å². The van der Waals surface area contributed by atoms with Crippen LogP contribution in [0.4, 0.5) is 0 Å². The van der Waals surface area contributed by atoms with Crippen molar-refractivity contribution in [2.75, 3.05) is 20.1 Å². The van der Waals surface area contributed by atoms with Crippen LogP contribution in [0.5, 0.6) is 0 Å². The SMILES string of the molecule is CC([O])C1CCN(C)CC1. The summed E-state index contributed by atoms with van der Waals surface area (Å²) in [4.78, 5) is 2.29. The van der Waals surface area contributed by atoms with Crippen molar-refractivity contribution in [1.82, 2.24) is 4.90 Å². The lowest BCUT2D eigenvalue weighted by Crippen LogP contribution is -2.33. The van der Waals surface area contributed by atoms with Gasteiger partial charge in [0.2, 0.25) is 0 Å². The maximum absolute atomic E-state index is 11.0. The summed E-state index contributed by atoms with van der Waals surface area (Å²) in [6.45, 7) is 4.00. The van der Waals surface area contributed by atoms with Crippen LogP contribution in [0.1, 0.15) is 19.8 Å². The fourth-order valence-electron chi connectivity index (χ4n) is 1.50. The van der Waals surface area contributed by atoms with E-state index in [0.717, 1.165) is 25.9 Å². The summed E-state index contributed by atoms with van der Waals surface area (Å²) in [6.07, 6.45) is 1.84. The molecule has 0 aromatic heterocycles. The van der Waals surface area contributed by atoms with Crippen molar-refractivity contribution in [2.45, 2.75) is 25.9 Å². The maximum atomic E-state index is 11.0. The Labute approximate surface area is 62.8 Å². The minimum Gasteiger partial charge on any atom is -0.306 e. The summed E-state index contributed by atoms with van der Waals surface area (Å²) in [5.41, 5.74) is 0. The fourth-order valence-corrected chi connectivity index (χ4v) is 1.50. The minimum atomic E-state index is -0.353. The number of likely N-dealkylation sites (tertiary alicyclic amines) is 1. The van der Waals surface area contributed by atoms with Crippen molar-refractivity contribution in [3.8, 4) is 0 Å². The zero-order valence-electron chi connectivity index (χ0n) is 6.84. The third-order valence-electron chi connectivity index (χ3n) is 2.43. The van der Waals surface area contributed by atoms with E-state index >= 15 is 0 Å². The lowest BCUT2D eigenvalue weighted by atomic mass is 9.93. The van der Waals surface area contributed by atoms with Crippen molar-refractivity contribution in [2.24, 2.45) is 5.92 Å². The van der Waals surface area contributed by atoms with Crippen LogP contribution >= 0.6 is 0 Å². The second-order valence-corrected chi connectivity index (χ2v) is 3.35. The Kier molecular flexibility index (Phi) is 2.69. The number of hydrogen-bond acceptors (Lipinski definition) is 1. The first-order chi connectivity index (χ1) is 4.70. The van der Waals surface area contributed by atoms with Crippen molar-refractivity contribution in [1.29, 1.82) is 0 Å². The Balaban J connectivity index is 2.26. The van der Waals surface area contributed by atoms with Gasteiger partial charge < -0.3 is 4.90 Å². The molecule has 0 aromatic carbocycles. The Hall–Kier alpha value is -0.0800. The smallest absolute Gasteiger partial charge is 0.0931 e. The molecule has 2 nitrogen and oxygen atoms in total. The van der Waals surface area contributed by atoms with E-state index in [1.807, 2.05) is 0 Å². The summed E-state index contributed by atoms with van der Waals surface area (Å²) in [5.74, 6) is 0.441. The van der Waals surface area contributed by atoms with Gasteiger partial charge in [0.15, 0.2) is 0 Å². The number of nitrogens with zero attached hydrogens (tertiary/aromatic N) is 1. The highest BCUT2D eigenvalue weighted by atomic mass is 16.3. The van der Waals surface area contributed by atoms with Gasteiger partial charge in [-0.3, -0.25) is 0 Å². The van der Waals surface area contributed by atoms with Gasteiger partial charge in [0.05, 0.1) is 6.10 Å². The van der Waals surface area contributed by atoms with Gasteiger partial charge in [-0.05, 0) is 45.8 Å². The van der Waals surface area contributed by atoms with E-state index in [1.54, 1.807) is 6.92 Å². The molecule has 0 N–H and O–H groups in total. The van der Waals surface area contributed by atoms with Gasteiger partial charge in [-0.1, -0.05) is 0 Å². The van der Waals surface area contributed by atoms with E-state index < -0.39 is 0 Å². The molecule has 1 unspecified atom stereocenters. The van der Waals surface area contributed by atoms with E-state index in [-0.39, 0.29) is 6.10 Å². The van der Waals surface area contributed by atoms with Gasteiger partial charge >= 0.3 is 0 Å². The molecule has 2 heteroatoms. The Morgan fingerprint density at radius 2 is 1.90 bits per heavy atom. The third kappa shape index (κ3) is 1.96. The predicted octanol–water partition coefficient (Wildman–Crippen LogP) is 1.15. The molecule has 1 rings (SSSR count). The summed E-state index contributed by atoms with van der Waals surface area (Å²) < 4.78 is 0. The highest BCUT2D eigenvalue weighted by Gasteiger charge is 2.21. The molecule has 1 atom stereocenters. The molecular formula is C8H16NO. The quantitative estimate of drug-likeness (QED) is 0.538. The molecule has 0 saturated carbocycles. The standard InChI is InChI=1S/C8H16NO/c1-7(10)8-3-5-9(2)6-4-8/h7-8H,3-6H2,1-2H3. The van der Waals surface area contributed by atoms with Crippen LogP contribution in [0.3, 0.4) is 0 Å². The van der Waals surface area contributed by atoms with Crippen LogP contribution < -0.4 is 0 Å². The van der Waals surface area contributed by atoms with E-state index in [4.69, 9.17) is 0 Å². The fraction of sp³-hybridized carbons (Fsp3) is 1.00. The normalized spacial score (nSPS) is 26.7. The second-order valence-electron chi connectivity index (χ2n) is 3.35. The van der Waals surface area contributed by atoms with Crippen LogP contribution in [0, 0.1) is 5.92 Å². The molecule has 0 aliphatic carbocycles. The van der Waals surface area contributed by atoms with Gasteiger partial charge in [-0.25, -0.2) is 5.11 Å². The molecule has 10 heavy (non-hydrogen) atoms. The lowest BCUT2D eigenvalue weighted by Gasteiger charge is -2.29. The molecule has 1 radical (unpaired) electrons. The molecule has 1 aliphatic rings. The molecule has 0 bridgehead atoms. The lowest BCUT2D eigenvalue weighted by molar-refractivity contribution is 0.0248. The first-order valence-electron chi connectivity index (χ1n) is 4.04. The Bertz CT molecular complexity index is 95.4. The monoisotopic (exact) mass is 142 g/mol. The number of rotatable bonds is 1. The summed E-state index contributed by atoms with van der Waals surface area (Å²) >= 11 is 0. The molecule has 0 aromatic rings. The van der Waals surface area contributed by atoms with Gasteiger partial charge in [-0.2, -0.15) is 0 Å². The van der Waals surface area contributed by atoms with Crippen molar-refractivity contribution in [3.63, 3.8) is 0 Å². The van der Waals surface area contributed by atoms with Crippen molar-refractivity contribution < 1.29 is 5.11 Å². The average molecular weight is 142 g/mol. The van der Waals surface area contributed by atoms with E-state index in [2.05, 4.69) is 11.9 Å². The maximum Gasteiger partial charge on any atom is 0.0931 e. The van der Waals surface area contributed by atoms with Crippen molar-refractivity contribution >= 4 is 0 Å². The van der Waals surface area contributed by atoms with Gasteiger partial charge in [0, 0.05) is 0 Å². The molecule has 1 heterocycles. The first kappa shape index (κ1) is 8.02. The van der Waals surface area contributed by atoms with E-state index in [1.165, 1.54) is 0 Å². The second kappa shape index (κ2) is 3.35. The molecule has 59 valence electrons. The Morgan fingerprint density at radius 1 is 1.40 bits per heavy atom. The molecular weight excluding hydrogens is 126 g/mol. The molecule has 1 fully saturated rings. The molecule has 1 saturated heterocycles. The summed E-state index contributed by atoms with van der Waals surface area (Å²) in [5, 5.41) is 11.0. The molecule has 0 amide bonds. The Morgan fingerprint density at radius 3 is 2.30 bits per heavy atom. The van der Waals surface area contributed by atoms with Gasteiger partial charge in [0.1, 0.15) is 0 Å². The third-order valence-corrected chi connectivity index (χ3v) is 2.43.